The van der Waals surface area contributed by atoms with E-state index in [-0.39, 0.29) is 29.0 Å². The van der Waals surface area contributed by atoms with Gasteiger partial charge in [-0.3, -0.25) is 0 Å². The third-order valence-electron chi connectivity index (χ3n) is 2.64. The highest BCUT2D eigenvalue weighted by Crippen LogP contribution is 2.38. The number of rotatable bonds is 0. The van der Waals surface area contributed by atoms with Crippen LogP contribution in [0.4, 0.5) is 0 Å². The summed E-state index contributed by atoms with van der Waals surface area (Å²) in [5.41, 5.74) is 0.612. The Morgan fingerprint density at radius 1 is 1.44 bits per heavy atom. The predicted molar refractivity (Wildman–Crippen MR) is 54.3 cm³/mol. The van der Waals surface area contributed by atoms with Crippen LogP contribution in [-0.4, -0.2) is 27.1 Å². The van der Waals surface area contributed by atoms with Gasteiger partial charge in [0.15, 0.2) is 0 Å². The van der Waals surface area contributed by atoms with Gasteiger partial charge in [-0.1, -0.05) is 0 Å². The van der Waals surface area contributed by atoms with Crippen molar-refractivity contribution < 1.29 is 24.9 Å². The van der Waals surface area contributed by atoms with E-state index in [1.807, 2.05) is 0 Å². The van der Waals surface area contributed by atoms with E-state index in [0.29, 0.717) is 5.56 Å². The number of fused-ring (bicyclic) bond motifs is 1. The molecule has 1 atom stereocenters. The summed E-state index contributed by atoms with van der Waals surface area (Å²) in [5, 5.41) is 28.9. The minimum Gasteiger partial charge on any atom is -0.508 e. The van der Waals surface area contributed by atoms with Gasteiger partial charge < -0.3 is 20.1 Å². The Kier molecular flexibility index (Phi) is 2.10. The molecule has 0 saturated carbocycles. The first-order chi connectivity index (χ1) is 7.32. The van der Waals surface area contributed by atoms with Gasteiger partial charge in [-0.25, -0.2) is 4.79 Å². The Balaban J connectivity index is 2.66. The summed E-state index contributed by atoms with van der Waals surface area (Å²) < 4.78 is 4.75. The molecule has 0 saturated heterocycles. The number of ether oxygens (including phenoxy) is 1. The molecule has 1 heterocycles. The maximum Gasteiger partial charge on any atom is 0.344 e. The molecule has 0 aliphatic carbocycles. The summed E-state index contributed by atoms with van der Waals surface area (Å²) in [7, 11) is 0. The number of carbonyl (C=O) groups excluding carboxylic acids is 1. The molecule has 0 amide bonds. The predicted octanol–water partition coefficient (Wildman–Crippen LogP) is 0.828. The van der Waals surface area contributed by atoms with Crippen LogP contribution in [0, 0.1) is 6.92 Å². The normalized spacial score (nSPS) is 23.8. The molecule has 1 aromatic carbocycles. The van der Waals surface area contributed by atoms with E-state index in [4.69, 9.17) is 4.74 Å². The van der Waals surface area contributed by atoms with Gasteiger partial charge in [-0.2, -0.15) is 0 Å². The first kappa shape index (κ1) is 10.8. The third kappa shape index (κ3) is 1.49. The zero-order valence-electron chi connectivity index (χ0n) is 8.94. The minimum absolute atomic E-state index is 0.0156. The molecule has 0 spiro atoms. The van der Waals surface area contributed by atoms with Gasteiger partial charge in [0.1, 0.15) is 17.1 Å². The fourth-order valence-corrected chi connectivity index (χ4v) is 1.81. The molecule has 1 aromatic rings. The average molecular weight is 224 g/mol. The highest BCUT2D eigenvalue weighted by molar-refractivity contribution is 5.96. The van der Waals surface area contributed by atoms with E-state index in [0.717, 1.165) is 0 Å². The second kappa shape index (κ2) is 3.12. The molecule has 5 heteroatoms. The van der Waals surface area contributed by atoms with E-state index in [9.17, 15) is 20.1 Å². The van der Waals surface area contributed by atoms with E-state index in [2.05, 4.69) is 0 Å². The number of phenols is 2. The summed E-state index contributed by atoms with van der Waals surface area (Å²) in [4.78, 5) is 11.6. The number of cyclic esters (lactones) is 1. The number of hydrogen-bond donors (Lipinski definition) is 3. The zero-order chi connectivity index (χ0) is 12.1. The molecule has 3 N–H and O–H groups in total. The van der Waals surface area contributed by atoms with E-state index in [1.54, 1.807) is 0 Å². The van der Waals surface area contributed by atoms with Crippen molar-refractivity contribution >= 4 is 5.97 Å². The number of aliphatic hydroxyl groups is 1. The molecule has 16 heavy (non-hydrogen) atoms. The van der Waals surface area contributed by atoms with Crippen LogP contribution in [-0.2, 0) is 11.2 Å². The molecule has 1 unspecified atom stereocenters. The van der Waals surface area contributed by atoms with Crippen molar-refractivity contribution in [2.24, 2.45) is 0 Å². The maximum atomic E-state index is 11.6. The molecule has 1 aliphatic rings. The molecule has 0 aromatic heterocycles. The Morgan fingerprint density at radius 3 is 2.69 bits per heavy atom. The average Bonchev–Trinajstić information content (AvgIpc) is 2.11. The fourth-order valence-electron chi connectivity index (χ4n) is 1.81. The van der Waals surface area contributed by atoms with Gasteiger partial charge in [0.25, 0.3) is 0 Å². The van der Waals surface area contributed by atoms with Gasteiger partial charge in [0, 0.05) is 18.9 Å². The van der Waals surface area contributed by atoms with Crippen molar-refractivity contribution in [2.75, 3.05) is 0 Å². The minimum atomic E-state index is -1.60. The van der Waals surface area contributed by atoms with Crippen LogP contribution >= 0.6 is 0 Å². The smallest absolute Gasteiger partial charge is 0.344 e. The topological polar surface area (TPSA) is 87.0 Å². The van der Waals surface area contributed by atoms with Crippen LogP contribution in [0.15, 0.2) is 6.07 Å². The molecule has 0 radical (unpaired) electrons. The highest BCUT2D eigenvalue weighted by Gasteiger charge is 2.37. The van der Waals surface area contributed by atoms with E-state index in [1.165, 1.54) is 19.9 Å². The van der Waals surface area contributed by atoms with Crippen LogP contribution in [0.1, 0.15) is 28.4 Å². The summed E-state index contributed by atoms with van der Waals surface area (Å²) in [6.07, 6.45) is 0.0372. The van der Waals surface area contributed by atoms with E-state index < -0.39 is 11.8 Å². The Labute approximate surface area is 91.9 Å². The van der Waals surface area contributed by atoms with Gasteiger partial charge in [0.05, 0.1) is 0 Å². The van der Waals surface area contributed by atoms with Crippen molar-refractivity contribution in [3.8, 4) is 11.5 Å². The van der Waals surface area contributed by atoms with Crippen LogP contribution in [0.25, 0.3) is 0 Å². The lowest BCUT2D eigenvalue weighted by Gasteiger charge is -2.30. The number of aromatic hydroxyl groups is 2. The second-order valence-electron chi connectivity index (χ2n) is 4.14. The van der Waals surface area contributed by atoms with Crippen molar-refractivity contribution in [1.82, 2.24) is 0 Å². The van der Waals surface area contributed by atoms with Gasteiger partial charge in [-0.15, -0.1) is 0 Å². The quantitative estimate of drug-likeness (QED) is 0.568. The first-order valence-corrected chi connectivity index (χ1v) is 4.82. The zero-order valence-corrected chi connectivity index (χ0v) is 8.94. The molecule has 1 aliphatic heterocycles. The molecule has 0 bridgehead atoms. The Bertz CT molecular complexity index is 476. The summed E-state index contributed by atoms with van der Waals surface area (Å²) in [6, 6.07) is 1.36. The molecule has 2 rings (SSSR count). The molecule has 5 nitrogen and oxygen atoms in total. The number of carbonyl (C=O) groups is 1. The molecule has 0 fully saturated rings. The lowest BCUT2D eigenvalue weighted by molar-refractivity contribution is -0.154. The Hall–Kier alpha value is -1.75. The van der Waals surface area contributed by atoms with Crippen LogP contribution in [0.5, 0.6) is 11.5 Å². The van der Waals surface area contributed by atoms with Gasteiger partial charge >= 0.3 is 5.97 Å². The van der Waals surface area contributed by atoms with Crippen molar-refractivity contribution in [3.05, 3.63) is 22.8 Å². The summed E-state index contributed by atoms with van der Waals surface area (Å²) in [6.45, 7) is 2.84. The van der Waals surface area contributed by atoms with Gasteiger partial charge in [-0.05, 0) is 18.6 Å². The monoisotopic (exact) mass is 224 g/mol. The van der Waals surface area contributed by atoms with Gasteiger partial charge in [0.2, 0.25) is 5.79 Å². The maximum absolute atomic E-state index is 11.6. The SMILES string of the molecule is Cc1c(O)cc2c(c1O)C(=O)OC(C)(O)C2. The summed E-state index contributed by atoms with van der Waals surface area (Å²) in [5.74, 6) is -2.79. The second-order valence-corrected chi connectivity index (χ2v) is 4.14. The van der Waals surface area contributed by atoms with Crippen molar-refractivity contribution in [2.45, 2.75) is 26.1 Å². The number of benzene rings is 1. The van der Waals surface area contributed by atoms with E-state index >= 15 is 0 Å². The Morgan fingerprint density at radius 2 is 2.06 bits per heavy atom. The fraction of sp³-hybridized carbons (Fsp3) is 0.364. The number of esters is 1. The number of hydrogen-bond acceptors (Lipinski definition) is 5. The first-order valence-electron chi connectivity index (χ1n) is 4.82. The van der Waals surface area contributed by atoms with Crippen molar-refractivity contribution in [1.29, 1.82) is 0 Å². The standard InChI is InChI=1S/C11H12O5/c1-5-7(12)3-6-4-11(2,15)16-10(14)8(6)9(5)13/h3,12-13,15H,4H2,1-2H3. The highest BCUT2D eigenvalue weighted by atomic mass is 16.7. The largest absolute Gasteiger partial charge is 0.508 e. The van der Waals surface area contributed by atoms with Crippen LogP contribution < -0.4 is 0 Å². The molecule has 86 valence electrons. The molecular formula is C11H12O5. The van der Waals surface area contributed by atoms with Crippen molar-refractivity contribution in [3.63, 3.8) is 0 Å². The lowest BCUT2D eigenvalue weighted by Crippen LogP contribution is -2.38. The lowest BCUT2D eigenvalue weighted by atomic mass is 9.94. The summed E-state index contributed by atoms with van der Waals surface area (Å²) >= 11 is 0. The third-order valence-corrected chi connectivity index (χ3v) is 2.64. The molecular weight excluding hydrogens is 212 g/mol. The van der Waals surface area contributed by atoms with Crippen LogP contribution in [0.2, 0.25) is 0 Å². The number of phenolic OH excluding ortho intramolecular Hbond substituents is 2. The van der Waals surface area contributed by atoms with Crippen LogP contribution in [0.3, 0.4) is 0 Å².